The molecule has 0 aromatic heterocycles. The number of likely N-dealkylation sites (N-methyl/N-ethyl adjacent to an activating group) is 1. The van der Waals surface area contributed by atoms with Crippen molar-refractivity contribution in [2.24, 2.45) is 5.92 Å². The summed E-state index contributed by atoms with van der Waals surface area (Å²) in [6.45, 7) is 0.387. The predicted octanol–water partition coefficient (Wildman–Crippen LogP) is 4.92. The number of hydrazine groups is 1. The topological polar surface area (TPSA) is 87.6 Å². The molecule has 1 N–H and O–H groups in total. The molecule has 1 saturated carbocycles. The maximum atomic E-state index is 14.2. The molecule has 2 atom stereocenters. The summed E-state index contributed by atoms with van der Waals surface area (Å²) in [6.07, 6.45) is 6.84. The zero-order chi connectivity index (χ0) is 30.8. The lowest BCUT2D eigenvalue weighted by Gasteiger charge is -2.55. The van der Waals surface area contributed by atoms with Crippen molar-refractivity contribution in [3.8, 4) is 5.75 Å². The third-order valence-electron chi connectivity index (χ3n) is 8.97. The van der Waals surface area contributed by atoms with E-state index in [1.165, 1.54) is 19.3 Å². The van der Waals surface area contributed by atoms with Crippen molar-refractivity contribution in [2.45, 2.75) is 70.1 Å². The smallest absolute Gasteiger partial charge is 0.246 e. The van der Waals surface area contributed by atoms with Crippen molar-refractivity contribution >= 4 is 46.6 Å². The minimum atomic E-state index is -0.824. The summed E-state index contributed by atoms with van der Waals surface area (Å²) in [7, 11) is 5.53. The summed E-state index contributed by atoms with van der Waals surface area (Å²) in [5.74, 6) is 0.234. The van der Waals surface area contributed by atoms with Gasteiger partial charge in [0.15, 0.2) is 0 Å². The van der Waals surface area contributed by atoms with E-state index in [9.17, 15) is 19.5 Å². The van der Waals surface area contributed by atoms with Crippen LogP contribution in [-0.2, 0) is 27.3 Å². The fourth-order valence-electron chi connectivity index (χ4n) is 6.93. The summed E-state index contributed by atoms with van der Waals surface area (Å²) in [5.41, 5.74) is 2.34. The number of hydrogen-bond acceptors (Lipinski definition) is 6. The van der Waals surface area contributed by atoms with Crippen molar-refractivity contribution < 1.29 is 19.5 Å². The highest BCUT2D eigenvalue weighted by Gasteiger charge is 2.50. The lowest BCUT2D eigenvalue weighted by molar-refractivity contribution is -0.203. The van der Waals surface area contributed by atoms with Gasteiger partial charge in [0.2, 0.25) is 17.7 Å². The highest BCUT2D eigenvalue weighted by Crippen LogP contribution is 2.36. The Labute approximate surface area is 263 Å². The number of hydrogen-bond donors (Lipinski definition) is 1. The number of carbonyl (C=O) groups excluding carboxylic acids is 3. The molecule has 1 unspecified atom stereocenters. The largest absolute Gasteiger partial charge is 0.508 e. The SMILES string of the molecule is CN(C)c1c(Cl)cc(Cl)cc1CN1CC2N(C(=O)CN(C)N2C(=O)CCC2CCCCC2)[C@@H](Cc2ccc(O)cc2)C1=O. The van der Waals surface area contributed by atoms with Crippen LogP contribution in [-0.4, -0.2) is 89.1 Å². The first-order valence-electron chi connectivity index (χ1n) is 15.1. The number of anilines is 1. The van der Waals surface area contributed by atoms with E-state index >= 15 is 0 Å². The maximum absolute atomic E-state index is 14.2. The summed E-state index contributed by atoms with van der Waals surface area (Å²) >= 11 is 13.0. The summed E-state index contributed by atoms with van der Waals surface area (Å²) < 4.78 is 0. The fourth-order valence-corrected chi connectivity index (χ4v) is 7.64. The molecule has 2 aromatic carbocycles. The molecule has 9 nitrogen and oxygen atoms in total. The van der Waals surface area contributed by atoms with Gasteiger partial charge in [0.05, 0.1) is 23.8 Å². The molecule has 2 saturated heterocycles. The first-order chi connectivity index (χ1) is 20.5. The van der Waals surface area contributed by atoms with Gasteiger partial charge in [-0.3, -0.25) is 19.4 Å². The molecule has 5 rings (SSSR count). The highest BCUT2D eigenvalue weighted by atomic mass is 35.5. The lowest BCUT2D eigenvalue weighted by Crippen LogP contribution is -2.75. The van der Waals surface area contributed by atoms with E-state index in [1.807, 2.05) is 25.1 Å². The molecule has 0 spiro atoms. The van der Waals surface area contributed by atoms with Gasteiger partial charge in [-0.05, 0) is 47.7 Å². The number of aromatic hydroxyl groups is 1. The van der Waals surface area contributed by atoms with Crippen molar-refractivity contribution in [1.29, 1.82) is 0 Å². The molecule has 232 valence electrons. The number of fused-ring (bicyclic) bond motifs is 1. The Balaban J connectivity index is 1.48. The maximum Gasteiger partial charge on any atom is 0.246 e. The summed E-state index contributed by atoms with van der Waals surface area (Å²) in [4.78, 5) is 46.9. The number of amides is 3. The fraction of sp³-hybridized carbons (Fsp3) is 0.531. The second-order valence-electron chi connectivity index (χ2n) is 12.3. The number of carbonyl (C=O) groups is 3. The molecule has 1 aliphatic carbocycles. The number of halogens is 2. The van der Waals surface area contributed by atoms with Crippen molar-refractivity contribution in [3.05, 3.63) is 57.6 Å². The van der Waals surface area contributed by atoms with Gasteiger partial charge in [-0.25, -0.2) is 5.01 Å². The van der Waals surface area contributed by atoms with E-state index in [2.05, 4.69) is 0 Å². The van der Waals surface area contributed by atoms with E-state index in [4.69, 9.17) is 23.2 Å². The minimum Gasteiger partial charge on any atom is -0.508 e. The van der Waals surface area contributed by atoms with Gasteiger partial charge >= 0.3 is 0 Å². The normalized spacial score (nSPS) is 21.7. The lowest BCUT2D eigenvalue weighted by atomic mass is 9.86. The van der Waals surface area contributed by atoms with Crippen molar-refractivity contribution in [3.63, 3.8) is 0 Å². The van der Waals surface area contributed by atoms with Gasteiger partial charge in [-0.1, -0.05) is 67.4 Å². The molecule has 3 aliphatic rings. The third kappa shape index (κ3) is 6.89. The van der Waals surface area contributed by atoms with E-state index in [-0.39, 0.29) is 49.5 Å². The molecule has 11 heteroatoms. The van der Waals surface area contributed by atoms with Gasteiger partial charge in [-0.2, -0.15) is 0 Å². The molecular formula is C32H41Cl2N5O4. The summed E-state index contributed by atoms with van der Waals surface area (Å²) in [5, 5.41) is 14.2. The van der Waals surface area contributed by atoms with Gasteiger partial charge in [0.1, 0.15) is 18.0 Å². The Bertz CT molecular complexity index is 1350. The zero-order valence-electron chi connectivity index (χ0n) is 25.1. The van der Waals surface area contributed by atoms with Crippen LogP contribution >= 0.6 is 23.2 Å². The van der Waals surface area contributed by atoms with E-state index in [0.717, 1.165) is 36.1 Å². The molecular weight excluding hydrogens is 589 g/mol. The Kier molecular flexibility index (Phi) is 9.73. The van der Waals surface area contributed by atoms with Crippen LogP contribution < -0.4 is 4.90 Å². The van der Waals surface area contributed by atoms with Crippen LogP contribution in [0.25, 0.3) is 0 Å². The number of rotatable bonds is 8. The molecule has 43 heavy (non-hydrogen) atoms. The number of phenols is 1. The quantitative estimate of drug-likeness (QED) is 0.446. The van der Waals surface area contributed by atoms with Crippen molar-refractivity contribution in [1.82, 2.24) is 19.8 Å². The van der Waals surface area contributed by atoms with Crippen LogP contribution in [0.1, 0.15) is 56.1 Å². The van der Waals surface area contributed by atoms with Gasteiger partial charge in [0.25, 0.3) is 0 Å². The van der Waals surface area contributed by atoms with Crippen LogP contribution in [0.5, 0.6) is 5.75 Å². The second kappa shape index (κ2) is 13.3. The van der Waals surface area contributed by atoms with Crippen LogP contribution in [0.2, 0.25) is 10.0 Å². The standard InChI is InChI=1S/C32H41Cl2N5O4/c1-35(2)31-23(16-24(33)17-26(31)34)18-37-19-28-38(27(32(37)43)15-22-9-12-25(40)13-10-22)30(42)20-36(3)39(28)29(41)14-11-21-7-5-4-6-8-21/h9-10,12-13,16-17,21,27-28,40H,4-8,11,14-15,18-20H2,1-3H3/t27-,28?/m0/s1. The Morgan fingerprint density at radius 2 is 1.74 bits per heavy atom. The Hall–Kier alpha value is -3.01. The summed E-state index contributed by atoms with van der Waals surface area (Å²) in [6, 6.07) is 9.32. The van der Waals surface area contributed by atoms with Gasteiger partial charge < -0.3 is 19.8 Å². The molecule has 2 heterocycles. The Morgan fingerprint density at radius 1 is 1.05 bits per heavy atom. The van der Waals surface area contributed by atoms with Gasteiger partial charge in [0, 0.05) is 45.6 Å². The first-order valence-corrected chi connectivity index (χ1v) is 15.8. The molecule has 2 aromatic rings. The van der Waals surface area contributed by atoms with Crippen LogP contribution in [0.15, 0.2) is 36.4 Å². The first kappa shape index (κ1) is 31.4. The van der Waals surface area contributed by atoms with Crippen molar-refractivity contribution in [2.75, 3.05) is 39.1 Å². The average molecular weight is 631 g/mol. The number of piperazine rings is 1. The van der Waals surface area contributed by atoms with Crippen LogP contribution in [0, 0.1) is 5.92 Å². The number of benzene rings is 2. The molecule has 2 aliphatic heterocycles. The molecule has 0 bridgehead atoms. The third-order valence-corrected chi connectivity index (χ3v) is 9.47. The number of phenolic OH excluding ortho intramolecular Hbond substituents is 1. The monoisotopic (exact) mass is 629 g/mol. The molecule has 3 amide bonds. The number of nitrogens with zero attached hydrogens (tertiary/aromatic N) is 5. The highest BCUT2D eigenvalue weighted by molar-refractivity contribution is 6.36. The Morgan fingerprint density at radius 3 is 2.42 bits per heavy atom. The molecule has 3 fully saturated rings. The zero-order valence-corrected chi connectivity index (χ0v) is 26.7. The van der Waals surface area contributed by atoms with Crippen LogP contribution in [0.4, 0.5) is 5.69 Å². The minimum absolute atomic E-state index is 0.0136. The predicted molar refractivity (Wildman–Crippen MR) is 168 cm³/mol. The van der Waals surface area contributed by atoms with E-state index in [0.29, 0.717) is 22.4 Å². The van der Waals surface area contributed by atoms with Gasteiger partial charge in [-0.15, -0.1) is 0 Å². The molecule has 0 radical (unpaired) electrons. The van der Waals surface area contributed by atoms with E-state index < -0.39 is 12.2 Å². The second-order valence-corrected chi connectivity index (χ2v) is 13.1. The average Bonchev–Trinajstić information content (AvgIpc) is 2.95. The van der Waals surface area contributed by atoms with Crippen LogP contribution in [0.3, 0.4) is 0 Å². The van der Waals surface area contributed by atoms with E-state index in [1.54, 1.807) is 57.2 Å².